The van der Waals surface area contributed by atoms with Gasteiger partial charge in [-0.2, -0.15) is 0 Å². The van der Waals surface area contributed by atoms with E-state index in [4.69, 9.17) is 0 Å². The molecule has 0 bridgehead atoms. The van der Waals surface area contributed by atoms with Crippen LogP contribution in [-0.2, 0) is 0 Å². The lowest BCUT2D eigenvalue weighted by molar-refractivity contribution is -0.0967. The fourth-order valence-electron chi connectivity index (χ4n) is 7.68. The van der Waals surface area contributed by atoms with Gasteiger partial charge in [0.15, 0.2) is 0 Å². The Morgan fingerprint density at radius 3 is 2.62 bits per heavy atom. The van der Waals surface area contributed by atoms with Gasteiger partial charge in [0.2, 0.25) is 0 Å². The minimum absolute atomic E-state index is 0.134. The maximum atomic E-state index is 11.6. The van der Waals surface area contributed by atoms with Gasteiger partial charge in [0.25, 0.3) is 0 Å². The molecule has 4 heteroatoms. The quantitative estimate of drug-likeness (QED) is 0.557. The summed E-state index contributed by atoms with van der Waals surface area (Å²) in [6.07, 6.45) is 11.9. The van der Waals surface area contributed by atoms with Crippen molar-refractivity contribution in [2.24, 2.45) is 28.6 Å². The van der Waals surface area contributed by atoms with Gasteiger partial charge in [-0.1, -0.05) is 57.6 Å². The predicted molar refractivity (Wildman–Crippen MR) is 130 cm³/mol. The number of hydrogen-bond donors (Lipinski definition) is 2. The molecule has 4 aliphatic rings. The van der Waals surface area contributed by atoms with Crippen molar-refractivity contribution in [1.29, 1.82) is 0 Å². The van der Waals surface area contributed by atoms with Crippen LogP contribution in [0.5, 0.6) is 0 Å². The highest BCUT2D eigenvalue weighted by molar-refractivity contribution is 5.80. The Balaban J connectivity index is 0.00000105. The van der Waals surface area contributed by atoms with Crippen LogP contribution in [0.3, 0.4) is 0 Å². The third kappa shape index (κ3) is 2.92. The summed E-state index contributed by atoms with van der Waals surface area (Å²) in [5.41, 5.74) is 4.69. The summed E-state index contributed by atoms with van der Waals surface area (Å²) in [6.45, 7) is 8.70. The standard InChI is InChI=1S/C26H32N2O2.C2H6/c1-25-12-11-17(29)13-16(25)7-8-18-19-9-10-23(26(19,2)24(30)14-20(18)25)28-15-27-21-5-3-4-6-22(21)28;1-2/h3-7,10,15,17-20,24,29-30H,8-9,11-14H2,1-2H3;1-2H3/t17-,18?,19?,20?,24?,25-,26-;/m0./s1. The summed E-state index contributed by atoms with van der Waals surface area (Å²) in [5.74, 6) is 1.54. The van der Waals surface area contributed by atoms with E-state index in [2.05, 4.69) is 53.7 Å². The van der Waals surface area contributed by atoms with E-state index in [1.807, 2.05) is 26.2 Å². The maximum absolute atomic E-state index is 11.6. The zero-order valence-electron chi connectivity index (χ0n) is 20.0. The number of nitrogens with zero attached hydrogens (tertiary/aromatic N) is 2. The van der Waals surface area contributed by atoms with Gasteiger partial charge < -0.3 is 14.8 Å². The summed E-state index contributed by atoms with van der Waals surface area (Å²) in [4.78, 5) is 4.62. The molecule has 2 fully saturated rings. The number of benzene rings is 1. The zero-order valence-corrected chi connectivity index (χ0v) is 20.0. The molecule has 7 atom stereocenters. The molecule has 4 unspecified atom stereocenters. The summed E-state index contributed by atoms with van der Waals surface area (Å²) >= 11 is 0. The molecule has 0 amide bonds. The summed E-state index contributed by atoms with van der Waals surface area (Å²) in [5, 5.41) is 21.9. The van der Waals surface area contributed by atoms with Crippen molar-refractivity contribution in [3.63, 3.8) is 0 Å². The molecule has 0 aliphatic heterocycles. The predicted octanol–water partition coefficient (Wildman–Crippen LogP) is 5.81. The summed E-state index contributed by atoms with van der Waals surface area (Å²) in [7, 11) is 0. The SMILES string of the molecule is CC.C[C@@]12C(n3cnc4ccccc43)=CCC1C1CC=C3C[C@@H](O)CC[C@]3(C)C1CC2O. The molecule has 6 rings (SSSR count). The van der Waals surface area contributed by atoms with Crippen LogP contribution in [-0.4, -0.2) is 32.0 Å². The lowest BCUT2D eigenvalue weighted by Gasteiger charge is -2.59. The van der Waals surface area contributed by atoms with Crippen molar-refractivity contribution in [2.75, 3.05) is 0 Å². The van der Waals surface area contributed by atoms with Crippen LogP contribution in [0.15, 0.2) is 48.3 Å². The van der Waals surface area contributed by atoms with Gasteiger partial charge in [0.1, 0.15) is 6.33 Å². The van der Waals surface area contributed by atoms with E-state index < -0.39 is 0 Å². The van der Waals surface area contributed by atoms with Crippen molar-refractivity contribution in [2.45, 2.75) is 78.4 Å². The van der Waals surface area contributed by atoms with Crippen molar-refractivity contribution >= 4 is 16.7 Å². The number of rotatable bonds is 1. The number of aromatic nitrogens is 2. The lowest BCUT2D eigenvalue weighted by Crippen LogP contribution is -2.55. The van der Waals surface area contributed by atoms with Crippen LogP contribution in [0, 0.1) is 28.6 Å². The number of fused-ring (bicyclic) bond motifs is 6. The first kappa shape index (κ1) is 21.9. The van der Waals surface area contributed by atoms with Gasteiger partial charge in [0.05, 0.1) is 23.2 Å². The van der Waals surface area contributed by atoms with Gasteiger partial charge in [0, 0.05) is 11.1 Å². The van der Waals surface area contributed by atoms with Crippen molar-refractivity contribution in [1.82, 2.24) is 9.55 Å². The van der Waals surface area contributed by atoms with Crippen molar-refractivity contribution in [3.8, 4) is 0 Å². The fraction of sp³-hybridized carbons (Fsp3) is 0.607. The Morgan fingerprint density at radius 1 is 1.03 bits per heavy atom. The monoisotopic (exact) mass is 434 g/mol. The number of allylic oxidation sites excluding steroid dienone is 2. The van der Waals surface area contributed by atoms with E-state index in [-0.39, 0.29) is 23.0 Å². The molecule has 1 aromatic heterocycles. The smallest absolute Gasteiger partial charge is 0.100 e. The topological polar surface area (TPSA) is 58.3 Å². The second kappa shape index (κ2) is 7.85. The molecule has 0 radical (unpaired) electrons. The van der Waals surface area contributed by atoms with Crippen LogP contribution in [0.1, 0.15) is 66.2 Å². The van der Waals surface area contributed by atoms with Crippen molar-refractivity contribution in [3.05, 3.63) is 48.3 Å². The Bertz CT molecular complexity index is 1070. The van der Waals surface area contributed by atoms with Crippen LogP contribution >= 0.6 is 0 Å². The largest absolute Gasteiger partial charge is 0.393 e. The van der Waals surface area contributed by atoms with Crippen LogP contribution in [0.2, 0.25) is 0 Å². The molecule has 0 spiro atoms. The lowest BCUT2D eigenvalue weighted by atomic mass is 9.47. The van der Waals surface area contributed by atoms with Gasteiger partial charge >= 0.3 is 0 Å². The second-order valence-corrected chi connectivity index (χ2v) is 10.6. The van der Waals surface area contributed by atoms with Crippen LogP contribution in [0.4, 0.5) is 0 Å². The van der Waals surface area contributed by atoms with E-state index >= 15 is 0 Å². The van der Waals surface area contributed by atoms with Gasteiger partial charge in [-0.3, -0.25) is 0 Å². The highest BCUT2D eigenvalue weighted by Gasteiger charge is 2.60. The normalized spacial score (nSPS) is 40.4. The molecule has 1 aromatic carbocycles. The molecule has 4 aliphatic carbocycles. The van der Waals surface area contributed by atoms with Gasteiger partial charge in [-0.15, -0.1) is 0 Å². The first-order valence-corrected chi connectivity index (χ1v) is 12.6. The molecule has 2 aromatic rings. The third-order valence-electron chi connectivity index (χ3n) is 9.44. The number of imidazole rings is 1. The minimum atomic E-state index is -0.360. The number of aliphatic hydroxyl groups is 2. The molecule has 172 valence electrons. The Hall–Kier alpha value is -1.91. The maximum Gasteiger partial charge on any atom is 0.100 e. The van der Waals surface area contributed by atoms with Gasteiger partial charge in [-0.25, -0.2) is 4.98 Å². The molecule has 2 N–H and O–H groups in total. The van der Waals surface area contributed by atoms with Crippen molar-refractivity contribution < 1.29 is 10.2 Å². The van der Waals surface area contributed by atoms with E-state index in [0.717, 1.165) is 49.6 Å². The van der Waals surface area contributed by atoms with E-state index in [9.17, 15) is 10.2 Å². The average molecular weight is 435 g/mol. The molecule has 2 saturated carbocycles. The van der Waals surface area contributed by atoms with Crippen LogP contribution in [0.25, 0.3) is 16.7 Å². The first-order valence-electron chi connectivity index (χ1n) is 12.6. The average Bonchev–Trinajstić information content (AvgIpc) is 3.38. The molecule has 1 heterocycles. The third-order valence-corrected chi connectivity index (χ3v) is 9.44. The van der Waals surface area contributed by atoms with E-state index in [1.165, 1.54) is 11.3 Å². The summed E-state index contributed by atoms with van der Waals surface area (Å²) in [6, 6.07) is 8.28. The molecule has 4 nitrogen and oxygen atoms in total. The number of para-hydroxylation sites is 2. The number of hydrogen-bond acceptors (Lipinski definition) is 3. The number of aliphatic hydroxyl groups excluding tert-OH is 2. The second-order valence-electron chi connectivity index (χ2n) is 10.6. The fourth-order valence-corrected chi connectivity index (χ4v) is 7.68. The van der Waals surface area contributed by atoms with Crippen LogP contribution < -0.4 is 0 Å². The highest BCUT2D eigenvalue weighted by atomic mass is 16.3. The highest BCUT2D eigenvalue weighted by Crippen LogP contribution is 2.65. The molecule has 0 saturated heterocycles. The van der Waals surface area contributed by atoms with E-state index in [0.29, 0.717) is 17.8 Å². The molecular formula is C28H38N2O2. The Labute approximate surface area is 192 Å². The molecular weight excluding hydrogens is 396 g/mol. The van der Waals surface area contributed by atoms with Gasteiger partial charge in [-0.05, 0) is 73.8 Å². The first-order chi connectivity index (χ1) is 15.4. The minimum Gasteiger partial charge on any atom is -0.393 e. The Morgan fingerprint density at radius 2 is 1.81 bits per heavy atom. The summed E-state index contributed by atoms with van der Waals surface area (Å²) < 4.78 is 2.22. The molecule has 32 heavy (non-hydrogen) atoms. The zero-order chi connectivity index (χ0) is 22.7. The van der Waals surface area contributed by atoms with E-state index in [1.54, 1.807) is 0 Å². The Kier molecular flexibility index (Phi) is 5.37.